The van der Waals surface area contributed by atoms with Gasteiger partial charge in [0, 0.05) is 18.1 Å². The monoisotopic (exact) mass is 394 g/mol. The summed E-state index contributed by atoms with van der Waals surface area (Å²) in [5, 5.41) is 22.1. The van der Waals surface area contributed by atoms with Gasteiger partial charge in [-0.25, -0.2) is 4.98 Å². The van der Waals surface area contributed by atoms with E-state index in [-0.39, 0.29) is 46.1 Å². The van der Waals surface area contributed by atoms with Gasteiger partial charge in [0.1, 0.15) is 6.10 Å². The SMILES string of the molecule is Cc1ccc(-n2ccnc2)cc1[C@@H](O)c1c(C)cc(C(=O)[O-])cc1C.O.O.[Na+]. The molecule has 0 radical (unpaired) electrons. The Balaban J connectivity index is 0.00000243. The van der Waals surface area contributed by atoms with E-state index < -0.39 is 12.1 Å². The molecule has 8 heteroatoms. The van der Waals surface area contributed by atoms with Crippen molar-refractivity contribution in [3.05, 3.63) is 82.4 Å². The number of aryl methyl sites for hydroxylation is 3. The fourth-order valence-corrected chi connectivity index (χ4v) is 3.17. The van der Waals surface area contributed by atoms with E-state index in [2.05, 4.69) is 4.98 Å². The molecule has 0 fully saturated rings. The first-order chi connectivity index (χ1) is 11.9. The van der Waals surface area contributed by atoms with E-state index in [0.29, 0.717) is 0 Å². The molecule has 3 aromatic rings. The minimum Gasteiger partial charge on any atom is -0.545 e. The van der Waals surface area contributed by atoms with E-state index in [0.717, 1.165) is 33.5 Å². The summed E-state index contributed by atoms with van der Waals surface area (Å²) in [5.74, 6) is -1.22. The van der Waals surface area contributed by atoms with E-state index in [4.69, 9.17) is 0 Å². The first-order valence-corrected chi connectivity index (χ1v) is 7.98. The summed E-state index contributed by atoms with van der Waals surface area (Å²) in [4.78, 5) is 15.2. The maximum absolute atomic E-state index is 11.1. The first-order valence-electron chi connectivity index (χ1n) is 7.98. The van der Waals surface area contributed by atoms with E-state index in [1.807, 2.05) is 35.9 Å². The molecule has 1 atom stereocenters. The number of carboxylic acid groups (broad SMARTS) is 1. The molecule has 0 amide bonds. The molecule has 1 aromatic heterocycles. The number of rotatable bonds is 4. The Morgan fingerprint density at radius 3 is 2.18 bits per heavy atom. The molecule has 144 valence electrons. The van der Waals surface area contributed by atoms with Crippen LogP contribution in [0.1, 0.15) is 44.3 Å². The van der Waals surface area contributed by atoms with Crippen LogP contribution in [0.15, 0.2) is 49.1 Å². The Morgan fingerprint density at radius 2 is 1.68 bits per heavy atom. The molecule has 0 saturated carbocycles. The van der Waals surface area contributed by atoms with Crippen molar-refractivity contribution in [1.29, 1.82) is 0 Å². The summed E-state index contributed by atoms with van der Waals surface area (Å²) in [6.07, 6.45) is 4.39. The number of nitrogens with zero attached hydrogens (tertiary/aromatic N) is 2. The Kier molecular flexibility index (Phi) is 9.77. The maximum atomic E-state index is 11.1. The van der Waals surface area contributed by atoms with E-state index in [1.54, 1.807) is 26.4 Å². The average molecular weight is 394 g/mol. The third-order valence-corrected chi connectivity index (χ3v) is 4.46. The number of benzene rings is 2. The summed E-state index contributed by atoms with van der Waals surface area (Å²) in [5.41, 5.74) is 4.92. The third kappa shape index (κ3) is 5.08. The Hall–Kier alpha value is -2.00. The van der Waals surface area contributed by atoms with Gasteiger partial charge in [-0.3, -0.25) is 0 Å². The van der Waals surface area contributed by atoms with Crippen LogP contribution in [-0.2, 0) is 0 Å². The molecule has 7 nitrogen and oxygen atoms in total. The van der Waals surface area contributed by atoms with Crippen molar-refractivity contribution in [2.24, 2.45) is 0 Å². The number of aromatic nitrogens is 2. The van der Waals surface area contributed by atoms with Gasteiger partial charge in [0.05, 0.1) is 12.3 Å². The van der Waals surface area contributed by atoms with Gasteiger partial charge in [-0.05, 0) is 78.4 Å². The molecule has 5 N–H and O–H groups in total. The predicted molar refractivity (Wildman–Crippen MR) is 99.8 cm³/mol. The number of carboxylic acids is 1. The van der Waals surface area contributed by atoms with Crippen LogP contribution in [0, 0.1) is 20.8 Å². The summed E-state index contributed by atoms with van der Waals surface area (Å²) >= 11 is 0. The summed E-state index contributed by atoms with van der Waals surface area (Å²) in [6, 6.07) is 8.92. The van der Waals surface area contributed by atoms with Gasteiger partial charge in [-0.1, -0.05) is 6.07 Å². The smallest absolute Gasteiger partial charge is 0.545 e. The second-order valence-electron chi connectivity index (χ2n) is 6.22. The molecule has 0 saturated heterocycles. The van der Waals surface area contributed by atoms with Gasteiger partial charge in [0.25, 0.3) is 0 Å². The van der Waals surface area contributed by atoms with E-state index in [9.17, 15) is 15.0 Å². The Morgan fingerprint density at radius 1 is 1.07 bits per heavy atom. The van der Waals surface area contributed by atoms with Crippen LogP contribution in [0.5, 0.6) is 0 Å². The number of imidazole rings is 1. The molecule has 0 spiro atoms. The minimum absolute atomic E-state index is 0. The zero-order valence-electron chi connectivity index (χ0n) is 16.4. The van der Waals surface area contributed by atoms with Gasteiger partial charge in [0.2, 0.25) is 0 Å². The van der Waals surface area contributed by atoms with Crippen molar-refractivity contribution in [3.63, 3.8) is 0 Å². The number of carbonyl (C=O) groups excluding carboxylic acids is 1. The molecular formula is C20H23N2NaO5. The number of aliphatic hydroxyl groups is 1. The third-order valence-electron chi connectivity index (χ3n) is 4.46. The fourth-order valence-electron chi connectivity index (χ4n) is 3.17. The number of carbonyl (C=O) groups is 1. The second kappa shape index (κ2) is 10.5. The quantitative estimate of drug-likeness (QED) is 0.492. The fraction of sp³-hybridized carbons (Fsp3) is 0.200. The van der Waals surface area contributed by atoms with Crippen molar-refractivity contribution < 1.29 is 55.5 Å². The Bertz CT molecular complexity index is 919. The normalized spacial score (nSPS) is 10.9. The van der Waals surface area contributed by atoms with Crippen LogP contribution in [0.4, 0.5) is 0 Å². The molecule has 3 rings (SSSR count). The maximum Gasteiger partial charge on any atom is 1.00 e. The van der Waals surface area contributed by atoms with E-state index in [1.165, 1.54) is 12.1 Å². The molecule has 0 aliphatic carbocycles. The van der Waals surface area contributed by atoms with Crippen LogP contribution < -0.4 is 34.7 Å². The van der Waals surface area contributed by atoms with Crippen LogP contribution in [0.2, 0.25) is 0 Å². The Labute approximate surface area is 185 Å². The summed E-state index contributed by atoms with van der Waals surface area (Å²) in [6.45, 7) is 5.54. The zero-order valence-corrected chi connectivity index (χ0v) is 18.4. The van der Waals surface area contributed by atoms with Crippen molar-refractivity contribution in [3.8, 4) is 5.69 Å². The standard InChI is InChI=1S/C20H20N2O3.Na.2H2O/c1-12-4-5-16(22-7-6-21-11-22)10-17(12)19(23)18-13(2)8-15(20(24)25)9-14(18)3;;;/h4-11,19,23H,1-3H3,(H,24,25);;2*1H2/q;+1;;/p-1/t19-;;;/m1.../s1. The molecule has 0 aliphatic heterocycles. The van der Waals surface area contributed by atoms with Crippen molar-refractivity contribution >= 4 is 5.97 Å². The molecule has 1 heterocycles. The van der Waals surface area contributed by atoms with Gasteiger partial charge < -0.3 is 30.5 Å². The van der Waals surface area contributed by atoms with E-state index >= 15 is 0 Å². The largest absolute Gasteiger partial charge is 1.00 e. The first kappa shape index (κ1) is 26.0. The molecule has 0 aliphatic rings. The molecule has 2 aromatic carbocycles. The summed E-state index contributed by atoms with van der Waals surface area (Å²) in [7, 11) is 0. The summed E-state index contributed by atoms with van der Waals surface area (Å²) < 4.78 is 1.87. The van der Waals surface area contributed by atoms with Gasteiger partial charge >= 0.3 is 29.6 Å². The van der Waals surface area contributed by atoms with Gasteiger partial charge in [0.15, 0.2) is 0 Å². The van der Waals surface area contributed by atoms with Crippen LogP contribution in [0.25, 0.3) is 5.69 Å². The molecular weight excluding hydrogens is 371 g/mol. The molecule has 0 unspecified atom stereocenters. The second-order valence-corrected chi connectivity index (χ2v) is 6.22. The van der Waals surface area contributed by atoms with Crippen molar-refractivity contribution in [1.82, 2.24) is 9.55 Å². The number of aromatic carboxylic acids is 1. The van der Waals surface area contributed by atoms with Crippen LogP contribution in [-0.4, -0.2) is 31.6 Å². The topological polar surface area (TPSA) is 141 Å². The number of aliphatic hydroxyl groups excluding tert-OH is 1. The minimum atomic E-state index is -1.22. The van der Waals surface area contributed by atoms with Crippen LogP contribution in [0.3, 0.4) is 0 Å². The van der Waals surface area contributed by atoms with Crippen molar-refractivity contribution in [2.75, 3.05) is 0 Å². The predicted octanol–water partition coefficient (Wildman–Crippen LogP) is -2.40. The van der Waals surface area contributed by atoms with Crippen LogP contribution >= 0.6 is 0 Å². The van der Waals surface area contributed by atoms with Gasteiger partial charge in [-0.2, -0.15) is 0 Å². The average Bonchev–Trinajstić information content (AvgIpc) is 3.08. The molecule has 28 heavy (non-hydrogen) atoms. The van der Waals surface area contributed by atoms with Gasteiger partial charge in [-0.15, -0.1) is 0 Å². The van der Waals surface area contributed by atoms with Crippen molar-refractivity contribution in [2.45, 2.75) is 26.9 Å². The number of hydrogen-bond donors (Lipinski definition) is 1. The molecule has 0 bridgehead atoms. The zero-order chi connectivity index (χ0) is 18.1. The number of hydrogen-bond acceptors (Lipinski definition) is 4.